The Morgan fingerprint density at radius 2 is 2.09 bits per heavy atom. The Bertz CT molecular complexity index is 673. The van der Waals surface area contributed by atoms with Gasteiger partial charge in [-0.25, -0.2) is 8.42 Å². The van der Waals surface area contributed by atoms with E-state index in [2.05, 4.69) is 15.9 Å². The maximum Gasteiger partial charge on any atom is 0.254 e. The summed E-state index contributed by atoms with van der Waals surface area (Å²) in [4.78, 5) is 14.7. The van der Waals surface area contributed by atoms with Crippen LogP contribution in [0.2, 0.25) is 0 Å². The van der Waals surface area contributed by atoms with Gasteiger partial charge in [0.1, 0.15) is 0 Å². The summed E-state index contributed by atoms with van der Waals surface area (Å²) in [6.45, 7) is 2.56. The Morgan fingerprint density at radius 3 is 2.68 bits per heavy atom. The number of rotatable bonds is 3. The molecular formula is C15H21BrN2O3S. The fraction of sp³-hybridized carbons (Fsp3) is 0.533. The molecule has 2 atom stereocenters. The van der Waals surface area contributed by atoms with Crippen molar-refractivity contribution >= 4 is 31.7 Å². The second kappa shape index (κ2) is 6.68. The molecule has 0 bridgehead atoms. The second-order valence-electron chi connectivity index (χ2n) is 5.84. The van der Waals surface area contributed by atoms with Crippen LogP contribution in [0.5, 0.6) is 0 Å². The van der Waals surface area contributed by atoms with E-state index in [9.17, 15) is 13.2 Å². The molecule has 1 fully saturated rings. The molecule has 1 amide bonds. The Labute approximate surface area is 139 Å². The summed E-state index contributed by atoms with van der Waals surface area (Å²) in [5.41, 5.74) is 6.38. The molecule has 7 heteroatoms. The van der Waals surface area contributed by atoms with Crippen molar-refractivity contribution in [2.75, 3.05) is 12.8 Å². The summed E-state index contributed by atoms with van der Waals surface area (Å²) in [7, 11) is -3.39. The van der Waals surface area contributed by atoms with E-state index in [4.69, 9.17) is 5.73 Å². The first kappa shape index (κ1) is 17.4. The minimum Gasteiger partial charge on any atom is -0.334 e. The Hall–Kier alpha value is -0.920. The molecule has 1 saturated heterocycles. The monoisotopic (exact) mass is 388 g/mol. The highest BCUT2D eigenvalue weighted by Crippen LogP contribution is 2.26. The lowest BCUT2D eigenvalue weighted by Crippen LogP contribution is -2.51. The van der Waals surface area contributed by atoms with E-state index >= 15 is 0 Å². The third-order valence-electron chi connectivity index (χ3n) is 3.99. The van der Waals surface area contributed by atoms with E-state index in [0.717, 1.165) is 25.5 Å². The predicted octanol–water partition coefficient (Wildman–Crippen LogP) is 2.19. The van der Waals surface area contributed by atoms with E-state index in [1.807, 2.05) is 6.92 Å². The van der Waals surface area contributed by atoms with Crippen molar-refractivity contribution in [3.63, 3.8) is 0 Å². The SMILES string of the molecule is C[C@@H](N)[C@@H]1CCCCN1C(=O)c1ccc(Br)c(S(C)(=O)=O)c1. The molecule has 2 N–H and O–H groups in total. The zero-order valence-electron chi connectivity index (χ0n) is 12.8. The maximum atomic E-state index is 12.8. The number of nitrogens with zero attached hydrogens (tertiary/aromatic N) is 1. The lowest BCUT2D eigenvalue weighted by Gasteiger charge is -2.38. The van der Waals surface area contributed by atoms with E-state index in [0.29, 0.717) is 16.6 Å². The van der Waals surface area contributed by atoms with Crippen LogP contribution in [0.4, 0.5) is 0 Å². The third kappa shape index (κ3) is 3.70. The fourth-order valence-corrected chi connectivity index (χ4v) is 4.73. The number of halogens is 1. The molecule has 0 aromatic heterocycles. The second-order valence-corrected chi connectivity index (χ2v) is 8.68. The number of piperidine rings is 1. The number of nitrogens with two attached hydrogens (primary N) is 1. The largest absolute Gasteiger partial charge is 0.334 e. The average Bonchev–Trinajstić information content (AvgIpc) is 2.45. The number of benzene rings is 1. The van der Waals surface area contributed by atoms with Crippen LogP contribution in [0.1, 0.15) is 36.5 Å². The third-order valence-corrected chi connectivity index (χ3v) is 6.09. The van der Waals surface area contributed by atoms with E-state index < -0.39 is 9.84 Å². The number of carbonyl (C=O) groups excluding carboxylic acids is 1. The van der Waals surface area contributed by atoms with Gasteiger partial charge in [-0.3, -0.25) is 4.79 Å². The van der Waals surface area contributed by atoms with Crippen LogP contribution in [0.3, 0.4) is 0 Å². The van der Waals surface area contributed by atoms with Crippen LogP contribution in [0.15, 0.2) is 27.6 Å². The van der Waals surface area contributed by atoms with Gasteiger partial charge in [0.05, 0.1) is 4.90 Å². The number of sulfone groups is 1. The fourth-order valence-electron chi connectivity index (χ4n) is 2.84. The summed E-state index contributed by atoms with van der Waals surface area (Å²) in [6, 6.07) is 4.59. The van der Waals surface area contributed by atoms with Crippen molar-refractivity contribution in [1.29, 1.82) is 0 Å². The number of amides is 1. The number of likely N-dealkylation sites (tertiary alicyclic amines) is 1. The molecule has 1 aromatic carbocycles. The van der Waals surface area contributed by atoms with Gasteiger partial charge in [0, 0.05) is 34.9 Å². The van der Waals surface area contributed by atoms with Gasteiger partial charge in [0.25, 0.3) is 5.91 Å². The number of carbonyl (C=O) groups is 1. The molecule has 5 nitrogen and oxygen atoms in total. The molecule has 0 aliphatic carbocycles. The highest BCUT2D eigenvalue weighted by atomic mass is 79.9. The van der Waals surface area contributed by atoms with Gasteiger partial charge in [-0.2, -0.15) is 0 Å². The smallest absolute Gasteiger partial charge is 0.254 e. The summed E-state index contributed by atoms with van der Waals surface area (Å²) in [6.07, 6.45) is 4.03. The molecule has 1 heterocycles. The first-order chi connectivity index (χ1) is 10.2. The van der Waals surface area contributed by atoms with Crippen molar-refractivity contribution in [1.82, 2.24) is 4.90 Å². The van der Waals surface area contributed by atoms with Crippen LogP contribution in [-0.4, -0.2) is 44.1 Å². The molecule has 1 aliphatic heterocycles. The average molecular weight is 389 g/mol. The van der Waals surface area contributed by atoms with Gasteiger partial charge in [-0.15, -0.1) is 0 Å². The molecule has 0 saturated carbocycles. The van der Waals surface area contributed by atoms with E-state index in [-0.39, 0.29) is 22.9 Å². The normalized spacial score (nSPS) is 20.7. The standard InChI is InChI=1S/C15H21BrN2O3S/c1-10(17)13-5-3-4-8-18(13)15(19)11-6-7-12(16)14(9-11)22(2,20)21/h6-7,9-10,13H,3-5,8,17H2,1-2H3/t10-,13+/m1/s1. The number of hydrogen-bond donors (Lipinski definition) is 1. The topological polar surface area (TPSA) is 80.5 Å². The first-order valence-corrected chi connectivity index (χ1v) is 9.96. The van der Waals surface area contributed by atoms with Crippen molar-refractivity contribution < 1.29 is 13.2 Å². The van der Waals surface area contributed by atoms with Gasteiger partial charge in [-0.05, 0) is 60.3 Å². The molecular weight excluding hydrogens is 368 g/mol. The zero-order chi connectivity index (χ0) is 16.5. The van der Waals surface area contributed by atoms with Gasteiger partial charge < -0.3 is 10.6 Å². The Balaban J connectivity index is 2.37. The van der Waals surface area contributed by atoms with Gasteiger partial charge in [0.15, 0.2) is 9.84 Å². The summed E-state index contributed by atoms with van der Waals surface area (Å²) in [5, 5.41) is 0. The highest BCUT2D eigenvalue weighted by molar-refractivity contribution is 9.10. The molecule has 1 aliphatic rings. The summed E-state index contributed by atoms with van der Waals surface area (Å²) in [5.74, 6) is -0.153. The van der Waals surface area contributed by atoms with Gasteiger partial charge in [0.2, 0.25) is 0 Å². The highest BCUT2D eigenvalue weighted by Gasteiger charge is 2.30. The van der Waals surface area contributed by atoms with E-state index in [1.54, 1.807) is 17.0 Å². The predicted molar refractivity (Wildman–Crippen MR) is 89.6 cm³/mol. The minimum absolute atomic E-state index is 0.00609. The van der Waals surface area contributed by atoms with Crippen LogP contribution < -0.4 is 5.73 Å². The van der Waals surface area contributed by atoms with Crippen molar-refractivity contribution in [3.05, 3.63) is 28.2 Å². The number of hydrogen-bond acceptors (Lipinski definition) is 4. The van der Waals surface area contributed by atoms with Gasteiger partial charge in [-0.1, -0.05) is 0 Å². The lowest BCUT2D eigenvalue weighted by atomic mass is 9.96. The Morgan fingerprint density at radius 1 is 1.41 bits per heavy atom. The van der Waals surface area contributed by atoms with E-state index in [1.165, 1.54) is 6.07 Å². The quantitative estimate of drug-likeness (QED) is 0.860. The first-order valence-electron chi connectivity index (χ1n) is 7.28. The van der Waals surface area contributed by atoms with Crippen LogP contribution >= 0.6 is 15.9 Å². The minimum atomic E-state index is -3.39. The molecule has 1 aromatic rings. The maximum absolute atomic E-state index is 12.8. The van der Waals surface area contributed by atoms with Crippen molar-refractivity contribution in [2.45, 2.75) is 43.2 Å². The lowest BCUT2D eigenvalue weighted by molar-refractivity contribution is 0.0583. The van der Waals surface area contributed by atoms with Crippen LogP contribution in [0.25, 0.3) is 0 Å². The molecule has 22 heavy (non-hydrogen) atoms. The van der Waals surface area contributed by atoms with Gasteiger partial charge >= 0.3 is 0 Å². The molecule has 0 radical (unpaired) electrons. The molecule has 0 unspecified atom stereocenters. The molecule has 2 rings (SSSR count). The van der Waals surface area contributed by atoms with Crippen LogP contribution in [-0.2, 0) is 9.84 Å². The summed E-state index contributed by atoms with van der Waals surface area (Å²) >= 11 is 3.22. The van der Waals surface area contributed by atoms with Crippen molar-refractivity contribution in [3.8, 4) is 0 Å². The Kier molecular flexibility index (Phi) is 5.29. The summed E-state index contributed by atoms with van der Waals surface area (Å²) < 4.78 is 24.1. The van der Waals surface area contributed by atoms with Crippen molar-refractivity contribution in [2.24, 2.45) is 5.73 Å². The molecule has 0 spiro atoms. The van der Waals surface area contributed by atoms with Crippen LogP contribution in [0, 0.1) is 0 Å². The molecule has 122 valence electrons. The zero-order valence-corrected chi connectivity index (χ0v) is 15.2.